The van der Waals surface area contributed by atoms with Crippen LogP contribution in [0.1, 0.15) is 0 Å². The molecule has 10 aromatic rings. The van der Waals surface area contributed by atoms with E-state index in [-0.39, 0.29) is 0 Å². The topological polar surface area (TPSA) is 94.0 Å². The molecule has 0 unspecified atom stereocenters. The van der Waals surface area contributed by atoms with Crippen LogP contribution in [0.3, 0.4) is 0 Å². The van der Waals surface area contributed by atoms with Gasteiger partial charge in [-0.25, -0.2) is 24.9 Å². The standard InChI is InChI=1S/C47H30N6O2/c1-5-13-31(14-6-1)43-50-44(32-15-7-2-8-16-32)52-45(51-43)33-21-23-36(24-22-33)53(37-26-28-41-40(29-37)49-47(54-41)35-19-11-4-12-20-35)38-25-27-39-42(30-38)55-46(48-39)34-17-9-3-10-18-34/h1-30H. The van der Waals surface area contributed by atoms with Crippen molar-refractivity contribution in [3.05, 3.63) is 182 Å². The van der Waals surface area contributed by atoms with Crippen LogP contribution in [0.4, 0.5) is 17.1 Å². The molecule has 0 bridgehead atoms. The van der Waals surface area contributed by atoms with Crippen molar-refractivity contribution in [2.24, 2.45) is 0 Å². The second-order valence-corrected chi connectivity index (χ2v) is 13.0. The number of anilines is 3. The molecule has 0 amide bonds. The molecule has 0 radical (unpaired) electrons. The molecule has 0 saturated carbocycles. The average molecular weight is 711 g/mol. The van der Waals surface area contributed by atoms with Crippen LogP contribution >= 0.6 is 0 Å². The Morgan fingerprint density at radius 1 is 0.309 bits per heavy atom. The van der Waals surface area contributed by atoms with E-state index in [1.165, 1.54) is 0 Å². The highest BCUT2D eigenvalue weighted by Crippen LogP contribution is 2.39. The van der Waals surface area contributed by atoms with Crippen LogP contribution < -0.4 is 4.90 Å². The molecule has 0 aliphatic rings. The number of nitrogens with zero attached hydrogens (tertiary/aromatic N) is 6. The zero-order valence-corrected chi connectivity index (χ0v) is 29.3. The average Bonchev–Trinajstić information content (AvgIpc) is 3.90. The van der Waals surface area contributed by atoms with Crippen molar-refractivity contribution in [3.8, 4) is 57.1 Å². The Kier molecular flexibility index (Phi) is 7.96. The van der Waals surface area contributed by atoms with Crippen LogP contribution in [0.5, 0.6) is 0 Å². The molecule has 7 aromatic carbocycles. The number of fused-ring (bicyclic) bond motifs is 2. The highest BCUT2D eigenvalue weighted by Gasteiger charge is 2.19. The molecule has 3 aromatic heterocycles. The summed E-state index contributed by atoms with van der Waals surface area (Å²) < 4.78 is 12.5. The van der Waals surface area contributed by atoms with Crippen molar-refractivity contribution >= 4 is 39.3 Å². The second kappa shape index (κ2) is 13.7. The fraction of sp³-hybridized carbons (Fsp3) is 0. The first-order valence-corrected chi connectivity index (χ1v) is 17.9. The lowest BCUT2D eigenvalue weighted by atomic mass is 10.1. The van der Waals surface area contributed by atoms with Gasteiger partial charge in [-0.15, -0.1) is 0 Å². The summed E-state index contributed by atoms with van der Waals surface area (Å²) in [6.07, 6.45) is 0. The Morgan fingerprint density at radius 3 is 1.27 bits per heavy atom. The summed E-state index contributed by atoms with van der Waals surface area (Å²) in [5.41, 5.74) is 10.1. The van der Waals surface area contributed by atoms with Gasteiger partial charge in [0.25, 0.3) is 0 Å². The van der Waals surface area contributed by atoms with Crippen LogP contribution in [-0.2, 0) is 0 Å². The van der Waals surface area contributed by atoms with Gasteiger partial charge in [0.2, 0.25) is 11.8 Å². The summed E-state index contributed by atoms with van der Waals surface area (Å²) in [5, 5.41) is 0. The van der Waals surface area contributed by atoms with E-state index in [1.807, 2.05) is 164 Å². The highest BCUT2D eigenvalue weighted by molar-refractivity contribution is 5.89. The van der Waals surface area contributed by atoms with Crippen molar-refractivity contribution < 1.29 is 8.83 Å². The van der Waals surface area contributed by atoms with E-state index in [1.54, 1.807) is 0 Å². The molecule has 55 heavy (non-hydrogen) atoms. The molecule has 260 valence electrons. The van der Waals surface area contributed by atoms with Gasteiger partial charge in [0.1, 0.15) is 11.0 Å². The monoisotopic (exact) mass is 710 g/mol. The van der Waals surface area contributed by atoms with Gasteiger partial charge in [-0.2, -0.15) is 0 Å². The molecule has 0 fully saturated rings. The van der Waals surface area contributed by atoms with Gasteiger partial charge in [-0.3, -0.25) is 0 Å². The lowest BCUT2D eigenvalue weighted by Gasteiger charge is -2.25. The number of hydrogen-bond donors (Lipinski definition) is 0. The third kappa shape index (κ3) is 6.28. The van der Waals surface area contributed by atoms with Crippen molar-refractivity contribution in [3.63, 3.8) is 0 Å². The van der Waals surface area contributed by atoms with Gasteiger partial charge in [0.05, 0.1) is 0 Å². The predicted octanol–water partition coefficient (Wildman–Crippen LogP) is 12.0. The van der Waals surface area contributed by atoms with Crippen molar-refractivity contribution in [2.75, 3.05) is 4.90 Å². The number of oxazole rings is 2. The number of rotatable bonds is 8. The highest BCUT2D eigenvalue weighted by atomic mass is 16.4. The third-order valence-electron chi connectivity index (χ3n) is 9.38. The normalized spacial score (nSPS) is 11.3. The van der Waals surface area contributed by atoms with E-state index in [9.17, 15) is 0 Å². The van der Waals surface area contributed by atoms with Crippen LogP contribution in [-0.4, -0.2) is 24.9 Å². The van der Waals surface area contributed by atoms with Gasteiger partial charge in [0, 0.05) is 50.9 Å². The summed E-state index contributed by atoms with van der Waals surface area (Å²) in [6, 6.07) is 60.2. The quantitative estimate of drug-likeness (QED) is 0.154. The van der Waals surface area contributed by atoms with Gasteiger partial charge >= 0.3 is 0 Å². The number of hydrogen-bond acceptors (Lipinski definition) is 8. The van der Waals surface area contributed by atoms with Crippen LogP contribution in [0.25, 0.3) is 79.3 Å². The largest absolute Gasteiger partial charge is 0.436 e. The van der Waals surface area contributed by atoms with E-state index in [0.717, 1.165) is 55.9 Å². The summed E-state index contributed by atoms with van der Waals surface area (Å²) in [6.45, 7) is 0. The summed E-state index contributed by atoms with van der Waals surface area (Å²) in [4.78, 5) is 26.6. The van der Waals surface area contributed by atoms with E-state index in [0.29, 0.717) is 40.4 Å². The number of aromatic nitrogens is 5. The molecule has 0 aliphatic carbocycles. The summed E-state index contributed by atoms with van der Waals surface area (Å²) in [7, 11) is 0. The van der Waals surface area contributed by atoms with Crippen molar-refractivity contribution in [1.29, 1.82) is 0 Å². The maximum absolute atomic E-state index is 6.32. The molecular weight excluding hydrogens is 681 g/mol. The zero-order valence-electron chi connectivity index (χ0n) is 29.3. The van der Waals surface area contributed by atoms with Crippen LogP contribution in [0.15, 0.2) is 191 Å². The molecule has 8 heteroatoms. The molecular formula is C47H30N6O2. The molecule has 10 rings (SSSR count). The molecule has 0 N–H and O–H groups in total. The first-order valence-electron chi connectivity index (χ1n) is 17.9. The lowest BCUT2D eigenvalue weighted by Crippen LogP contribution is -2.10. The second-order valence-electron chi connectivity index (χ2n) is 13.0. The van der Waals surface area contributed by atoms with Crippen LogP contribution in [0, 0.1) is 0 Å². The number of benzene rings is 7. The van der Waals surface area contributed by atoms with Crippen molar-refractivity contribution in [2.45, 2.75) is 0 Å². The van der Waals surface area contributed by atoms with E-state index in [2.05, 4.69) is 23.1 Å². The summed E-state index contributed by atoms with van der Waals surface area (Å²) in [5.74, 6) is 2.95. The first kappa shape index (κ1) is 32.0. The summed E-state index contributed by atoms with van der Waals surface area (Å²) >= 11 is 0. The maximum atomic E-state index is 6.32. The fourth-order valence-corrected chi connectivity index (χ4v) is 6.66. The van der Waals surface area contributed by atoms with E-state index < -0.39 is 0 Å². The first-order chi connectivity index (χ1) is 27.2. The Bertz CT molecular complexity index is 2740. The van der Waals surface area contributed by atoms with Crippen molar-refractivity contribution in [1.82, 2.24) is 24.9 Å². The van der Waals surface area contributed by atoms with Gasteiger partial charge in [-0.05, 0) is 78.9 Å². The zero-order chi connectivity index (χ0) is 36.6. The van der Waals surface area contributed by atoms with Gasteiger partial charge in [-0.1, -0.05) is 97.1 Å². The molecule has 0 atom stereocenters. The predicted molar refractivity (Wildman–Crippen MR) is 217 cm³/mol. The molecule has 0 spiro atoms. The minimum atomic E-state index is 0.572. The maximum Gasteiger partial charge on any atom is 0.227 e. The van der Waals surface area contributed by atoms with Gasteiger partial charge in [0.15, 0.2) is 28.6 Å². The molecule has 0 aliphatic heterocycles. The van der Waals surface area contributed by atoms with Gasteiger partial charge < -0.3 is 13.7 Å². The third-order valence-corrected chi connectivity index (χ3v) is 9.38. The molecule has 0 saturated heterocycles. The van der Waals surface area contributed by atoms with E-state index in [4.69, 9.17) is 33.8 Å². The Hall–Kier alpha value is -7.71. The Morgan fingerprint density at radius 2 is 0.727 bits per heavy atom. The smallest absolute Gasteiger partial charge is 0.227 e. The molecule has 8 nitrogen and oxygen atoms in total. The molecule has 3 heterocycles. The minimum absolute atomic E-state index is 0.572. The Labute approximate surface area is 316 Å². The Balaban J connectivity index is 1.08. The van der Waals surface area contributed by atoms with E-state index >= 15 is 0 Å². The minimum Gasteiger partial charge on any atom is -0.436 e. The fourth-order valence-electron chi connectivity index (χ4n) is 6.66. The SMILES string of the molecule is c1ccc(-c2nc(-c3ccccc3)nc(-c3ccc(N(c4ccc5oc(-c6ccccc6)nc5c4)c4ccc5nc(-c6ccccc6)oc5c4)cc3)n2)cc1. The van der Waals surface area contributed by atoms with Crippen LogP contribution in [0.2, 0.25) is 0 Å². The lowest BCUT2D eigenvalue weighted by molar-refractivity contribution is 0.619.